The van der Waals surface area contributed by atoms with Gasteiger partial charge in [0.25, 0.3) is 0 Å². The van der Waals surface area contributed by atoms with Crippen molar-refractivity contribution < 1.29 is 23.9 Å². The molecule has 0 aliphatic carbocycles. The van der Waals surface area contributed by atoms with Crippen molar-refractivity contribution in [1.82, 2.24) is 15.4 Å². The van der Waals surface area contributed by atoms with E-state index in [1.165, 1.54) is 7.11 Å². The molecule has 24 heavy (non-hydrogen) atoms. The fourth-order valence-electron chi connectivity index (χ4n) is 2.75. The molecule has 0 unspecified atom stereocenters. The number of methoxy groups -OCH3 is 1. The number of nitrogens with zero attached hydrogens (tertiary/aromatic N) is 2. The maximum atomic E-state index is 11.5. The van der Waals surface area contributed by atoms with Crippen LogP contribution in [0.15, 0.2) is 10.6 Å². The van der Waals surface area contributed by atoms with Gasteiger partial charge < -0.3 is 29.3 Å². The van der Waals surface area contributed by atoms with Crippen LogP contribution in [0.2, 0.25) is 0 Å². The molecule has 2 N–H and O–H groups in total. The lowest BCUT2D eigenvalue weighted by Crippen LogP contribution is -2.47. The van der Waals surface area contributed by atoms with Gasteiger partial charge in [0.1, 0.15) is 12.7 Å². The number of aromatic nitrogens is 1. The van der Waals surface area contributed by atoms with Crippen LogP contribution in [0.1, 0.15) is 24.3 Å². The minimum absolute atomic E-state index is 0.000164. The highest BCUT2D eigenvalue weighted by molar-refractivity contribution is 5.77. The summed E-state index contributed by atoms with van der Waals surface area (Å²) in [6.45, 7) is 0.968. The van der Waals surface area contributed by atoms with Gasteiger partial charge in [-0.05, 0) is 26.9 Å². The van der Waals surface area contributed by atoms with E-state index in [2.05, 4.69) is 10.5 Å². The Hall–Kier alpha value is -1.48. The average molecular weight is 341 g/mol. The standard InChI is InChI=1S/C16H27N3O5/c1-19(2)9-13-7-11(18-24-13)6-12-4-5-14(20)15(23-12)8-17-16(21)10-22-3/h7,12,14-15,20H,4-6,8-10H2,1-3H3,(H,17,21)/t12-,14-,15+/m0/s1. The topological polar surface area (TPSA) is 97.1 Å². The normalized spacial score (nSPS) is 24.3. The molecule has 1 fully saturated rings. The van der Waals surface area contributed by atoms with Gasteiger partial charge in [-0.2, -0.15) is 0 Å². The van der Waals surface area contributed by atoms with Crippen LogP contribution in [-0.4, -0.2) is 73.7 Å². The summed E-state index contributed by atoms with van der Waals surface area (Å²) in [4.78, 5) is 13.5. The lowest BCUT2D eigenvalue weighted by Gasteiger charge is -2.33. The summed E-state index contributed by atoms with van der Waals surface area (Å²) in [5.41, 5.74) is 0.843. The molecule has 0 radical (unpaired) electrons. The van der Waals surface area contributed by atoms with Gasteiger partial charge in [0.2, 0.25) is 5.91 Å². The lowest BCUT2D eigenvalue weighted by molar-refractivity contribution is -0.131. The van der Waals surface area contributed by atoms with Crippen molar-refractivity contribution in [2.75, 3.05) is 34.4 Å². The summed E-state index contributed by atoms with van der Waals surface area (Å²) in [5, 5.41) is 16.8. The molecule has 2 heterocycles. The average Bonchev–Trinajstić information content (AvgIpc) is 2.94. The first-order valence-electron chi connectivity index (χ1n) is 8.16. The summed E-state index contributed by atoms with van der Waals surface area (Å²) in [7, 11) is 5.40. The lowest BCUT2D eigenvalue weighted by atomic mass is 9.98. The van der Waals surface area contributed by atoms with Crippen LogP contribution < -0.4 is 5.32 Å². The minimum atomic E-state index is -0.578. The van der Waals surface area contributed by atoms with Gasteiger partial charge in [-0.25, -0.2) is 0 Å². The monoisotopic (exact) mass is 341 g/mol. The molecule has 1 aromatic rings. The van der Waals surface area contributed by atoms with Crippen molar-refractivity contribution in [3.63, 3.8) is 0 Å². The molecule has 3 atom stereocenters. The van der Waals surface area contributed by atoms with Gasteiger partial charge in [-0.15, -0.1) is 0 Å². The maximum absolute atomic E-state index is 11.5. The van der Waals surface area contributed by atoms with Crippen molar-refractivity contribution in [2.45, 2.75) is 44.1 Å². The van der Waals surface area contributed by atoms with Crippen molar-refractivity contribution in [2.24, 2.45) is 0 Å². The molecule has 0 spiro atoms. The molecule has 0 aromatic carbocycles. The zero-order valence-corrected chi connectivity index (χ0v) is 14.5. The number of carbonyl (C=O) groups is 1. The molecule has 0 saturated carbocycles. The van der Waals surface area contributed by atoms with E-state index < -0.39 is 12.2 Å². The zero-order chi connectivity index (χ0) is 17.5. The predicted octanol–water partition coefficient (Wildman–Crippen LogP) is -0.0502. The molecular weight excluding hydrogens is 314 g/mol. The SMILES string of the molecule is COCC(=O)NC[C@H]1O[C@H](Cc2cc(CN(C)C)on2)CC[C@@H]1O. The Kier molecular flexibility index (Phi) is 7.16. The summed E-state index contributed by atoms with van der Waals surface area (Å²) >= 11 is 0. The molecule has 1 saturated heterocycles. The van der Waals surface area contributed by atoms with Crippen molar-refractivity contribution in [3.8, 4) is 0 Å². The first kappa shape index (κ1) is 18.9. The Morgan fingerprint density at radius 2 is 2.29 bits per heavy atom. The van der Waals surface area contributed by atoms with E-state index >= 15 is 0 Å². The number of nitrogens with one attached hydrogen (secondary N) is 1. The number of hydrogen-bond acceptors (Lipinski definition) is 7. The summed E-state index contributed by atoms with van der Waals surface area (Å²) < 4.78 is 16.0. The van der Waals surface area contributed by atoms with Crippen LogP contribution in [0.25, 0.3) is 0 Å². The number of ether oxygens (including phenoxy) is 2. The second kappa shape index (κ2) is 9.12. The Balaban J connectivity index is 1.83. The third-order valence-corrected chi connectivity index (χ3v) is 3.87. The molecule has 0 bridgehead atoms. The molecule has 1 amide bonds. The van der Waals surface area contributed by atoms with Crippen molar-refractivity contribution >= 4 is 5.91 Å². The Labute approximate surface area is 142 Å². The highest BCUT2D eigenvalue weighted by Crippen LogP contribution is 2.22. The van der Waals surface area contributed by atoms with Gasteiger partial charge >= 0.3 is 0 Å². The first-order valence-corrected chi connectivity index (χ1v) is 8.16. The quantitative estimate of drug-likeness (QED) is 0.684. The van der Waals surface area contributed by atoms with Crippen molar-refractivity contribution in [3.05, 3.63) is 17.5 Å². The minimum Gasteiger partial charge on any atom is -0.390 e. The van der Waals surface area contributed by atoms with Crippen LogP contribution in [0, 0.1) is 0 Å². The molecule has 1 aromatic heterocycles. The Morgan fingerprint density at radius 1 is 1.50 bits per heavy atom. The van der Waals surface area contributed by atoms with Crippen molar-refractivity contribution in [1.29, 1.82) is 0 Å². The number of rotatable bonds is 8. The zero-order valence-electron chi connectivity index (χ0n) is 14.5. The van der Waals surface area contributed by atoms with E-state index in [1.54, 1.807) is 0 Å². The number of carbonyl (C=O) groups excluding carboxylic acids is 1. The van der Waals surface area contributed by atoms with E-state index in [4.69, 9.17) is 14.0 Å². The highest BCUT2D eigenvalue weighted by Gasteiger charge is 2.30. The number of amides is 1. The fourth-order valence-corrected chi connectivity index (χ4v) is 2.75. The Bertz CT molecular complexity index is 520. The molecule has 1 aliphatic rings. The summed E-state index contributed by atoms with van der Waals surface area (Å²) in [6, 6.07) is 1.93. The summed E-state index contributed by atoms with van der Waals surface area (Å²) in [5.74, 6) is 0.592. The van der Waals surface area contributed by atoms with E-state index in [0.29, 0.717) is 19.4 Å². The highest BCUT2D eigenvalue weighted by atomic mass is 16.5. The van der Waals surface area contributed by atoms with E-state index in [1.807, 2.05) is 25.1 Å². The molecular formula is C16H27N3O5. The van der Waals surface area contributed by atoms with Gasteiger partial charge in [-0.3, -0.25) is 4.79 Å². The van der Waals surface area contributed by atoms with Crippen LogP contribution in [-0.2, 0) is 27.2 Å². The van der Waals surface area contributed by atoms with Gasteiger partial charge in [0.05, 0.1) is 24.4 Å². The summed E-state index contributed by atoms with van der Waals surface area (Å²) in [6.07, 6.45) is 0.974. The van der Waals surface area contributed by atoms with Crippen LogP contribution in [0.4, 0.5) is 0 Å². The molecule has 136 valence electrons. The molecule has 1 aliphatic heterocycles. The molecule has 8 nitrogen and oxygen atoms in total. The predicted molar refractivity (Wildman–Crippen MR) is 86.4 cm³/mol. The molecule has 8 heteroatoms. The third kappa shape index (κ3) is 5.86. The first-order chi connectivity index (χ1) is 11.5. The van der Waals surface area contributed by atoms with Crippen LogP contribution in [0.3, 0.4) is 0 Å². The van der Waals surface area contributed by atoms with E-state index in [-0.39, 0.29) is 25.2 Å². The van der Waals surface area contributed by atoms with Gasteiger partial charge in [-0.1, -0.05) is 5.16 Å². The fraction of sp³-hybridized carbons (Fsp3) is 0.750. The maximum Gasteiger partial charge on any atom is 0.246 e. The third-order valence-electron chi connectivity index (χ3n) is 3.87. The second-order valence-electron chi connectivity index (χ2n) is 6.40. The van der Waals surface area contributed by atoms with Gasteiger partial charge in [0, 0.05) is 26.1 Å². The van der Waals surface area contributed by atoms with Crippen LogP contribution in [0.5, 0.6) is 0 Å². The number of aliphatic hydroxyl groups is 1. The number of hydrogen-bond donors (Lipinski definition) is 2. The largest absolute Gasteiger partial charge is 0.390 e. The van der Waals surface area contributed by atoms with Gasteiger partial charge in [0.15, 0.2) is 5.76 Å². The smallest absolute Gasteiger partial charge is 0.246 e. The second-order valence-corrected chi connectivity index (χ2v) is 6.40. The Morgan fingerprint density at radius 3 is 3.00 bits per heavy atom. The molecule has 2 rings (SSSR count). The van der Waals surface area contributed by atoms with E-state index in [9.17, 15) is 9.90 Å². The number of aliphatic hydroxyl groups excluding tert-OH is 1. The van der Waals surface area contributed by atoms with Crippen LogP contribution >= 0.6 is 0 Å². The van der Waals surface area contributed by atoms with E-state index in [0.717, 1.165) is 17.9 Å².